The van der Waals surface area contributed by atoms with Crippen molar-refractivity contribution in [3.63, 3.8) is 0 Å². The fourth-order valence-electron chi connectivity index (χ4n) is 3.72. The van der Waals surface area contributed by atoms with Crippen molar-refractivity contribution in [1.82, 2.24) is 0 Å². The molecule has 1 rings (SSSR count). The Hall–Kier alpha value is -0.870. The summed E-state index contributed by atoms with van der Waals surface area (Å²) in [5.74, 6) is 0.767. The Labute approximate surface area is 147 Å². The highest BCUT2D eigenvalue weighted by molar-refractivity contribution is 5.68. The van der Waals surface area contributed by atoms with Crippen molar-refractivity contribution < 1.29 is 20.0 Å². The zero-order valence-electron chi connectivity index (χ0n) is 15.3. The molecule has 1 aliphatic rings. The summed E-state index contributed by atoms with van der Waals surface area (Å²) < 4.78 is 0. The van der Waals surface area contributed by atoms with Crippen LogP contribution in [0.5, 0.6) is 0 Å². The minimum absolute atomic E-state index is 0.167. The minimum Gasteiger partial charge on any atom is -0.393 e. The molecule has 140 valence electrons. The molecule has 0 saturated heterocycles. The van der Waals surface area contributed by atoms with E-state index in [1.807, 2.05) is 0 Å². The van der Waals surface area contributed by atoms with Crippen LogP contribution >= 0.6 is 0 Å². The second kappa shape index (κ2) is 13.4. The van der Waals surface area contributed by atoms with Crippen LogP contribution in [-0.2, 0) is 9.68 Å². The van der Waals surface area contributed by atoms with E-state index in [0.29, 0.717) is 24.7 Å². The molecule has 3 atom stereocenters. The lowest BCUT2D eigenvalue weighted by Gasteiger charge is -2.18. The van der Waals surface area contributed by atoms with Gasteiger partial charge in [-0.1, -0.05) is 44.8 Å². The maximum atomic E-state index is 10.8. The highest BCUT2D eigenvalue weighted by Gasteiger charge is 2.25. The van der Waals surface area contributed by atoms with Gasteiger partial charge in [-0.25, -0.2) is 4.79 Å². The van der Waals surface area contributed by atoms with Crippen LogP contribution in [0.3, 0.4) is 0 Å². The van der Waals surface area contributed by atoms with Crippen LogP contribution in [-0.4, -0.2) is 22.4 Å². The number of hydrogen-bond acceptors (Lipinski definition) is 4. The lowest BCUT2D eigenvalue weighted by molar-refractivity contribution is -0.234. The first-order valence-electron chi connectivity index (χ1n) is 9.86. The van der Waals surface area contributed by atoms with Crippen molar-refractivity contribution in [3.8, 4) is 0 Å². The molecule has 4 nitrogen and oxygen atoms in total. The first kappa shape index (κ1) is 21.2. The Morgan fingerprint density at radius 2 is 2.04 bits per heavy atom. The van der Waals surface area contributed by atoms with Gasteiger partial charge in [-0.3, -0.25) is 0 Å². The predicted molar refractivity (Wildman–Crippen MR) is 96.5 cm³/mol. The molecule has 0 heterocycles. The summed E-state index contributed by atoms with van der Waals surface area (Å²) in [5, 5.41) is 18.2. The van der Waals surface area contributed by atoms with E-state index in [9.17, 15) is 9.90 Å². The van der Waals surface area contributed by atoms with Gasteiger partial charge in [0.2, 0.25) is 0 Å². The van der Waals surface area contributed by atoms with Gasteiger partial charge in [0.25, 0.3) is 0 Å². The van der Waals surface area contributed by atoms with Crippen molar-refractivity contribution in [3.05, 3.63) is 12.2 Å². The van der Waals surface area contributed by atoms with Gasteiger partial charge in [0.05, 0.1) is 6.10 Å². The molecule has 1 saturated carbocycles. The topological polar surface area (TPSA) is 66.8 Å². The summed E-state index contributed by atoms with van der Waals surface area (Å²) >= 11 is 0. The molecule has 4 heteroatoms. The molecule has 0 aromatic heterocycles. The maximum absolute atomic E-state index is 10.8. The number of carbonyl (C=O) groups excluding carboxylic acids is 1. The van der Waals surface area contributed by atoms with Gasteiger partial charge < -0.3 is 9.99 Å². The normalized spacial score (nSPS) is 22.1. The van der Waals surface area contributed by atoms with E-state index in [4.69, 9.17) is 5.26 Å². The number of allylic oxidation sites excluding steroid dienone is 2. The number of aliphatic hydroxyl groups is 1. The predicted octanol–water partition coefficient (Wildman–Crippen LogP) is 5.26. The lowest BCUT2D eigenvalue weighted by Crippen LogP contribution is -2.13. The fraction of sp³-hybridized carbons (Fsp3) is 0.850. The second-order valence-corrected chi connectivity index (χ2v) is 7.22. The third kappa shape index (κ3) is 9.43. The Bertz CT molecular complexity index is 354. The molecule has 1 fully saturated rings. The summed E-state index contributed by atoms with van der Waals surface area (Å²) in [6, 6.07) is 0. The van der Waals surface area contributed by atoms with Crippen molar-refractivity contribution >= 4 is 5.97 Å². The fourth-order valence-corrected chi connectivity index (χ4v) is 3.72. The summed E-state index contributed by atoms with van der Waals surface area (Å²) in [7, 11) is 0. The number of aliphatic hydroxyl groups excluding tert-OH is 1. The van der Waals surface area contributed by atoms with Crippen LogP contribution in [0.15, 0.2) is 12.2 Å². The van der Waals surface area contributed by atoms with E-state index in [1.54, 1.807) is 0 Å². The average molecular weight is 341 g/mol. The first-order valence-corrected chi connectivity index (χ1v) is 9.86. The van der Waals surface area contributed by atoms with Crippen LogP contribution in [0.2, 0.25) is 0 Å². The Morgan fingerprint density at radius 3 is 2.79 bits per heavy atom. The number of carbonyl (C=O) groups is 1. The molecule has 0 spiro atoms. The molecular formula is C20H36O4. The van der Waals surface area contributed by atoms with Crippen LogP contribution in [0.25, 0.3) is 0 Å². The molecule has 24 heavy (non-hydrogen) atoms. The number of hydrogen-bond donors (Lipinski definition) is 2. The lowest BCUT2D eigenvalue weighted by atomic mass is 9.89. The Morgan fingerprint density at radius 1 is 1.21 bits per heavy atom. The van der Waals surface area contributed by atoms with Crippen molar-refractivity contribution in [2.75, 3.05) is 0 Å². The van der Waals surface area contributed by atoms with Crippen molar-refractivity contribution in [2.24, 2.45) is 11.8 Å². The smallest absolute Gasteiger partial charge is 0.342 e. The van der Waals surface area contributed by atoms with Crippen LogP contribution in [0, 0.1) is 11.8 Å². The third-order valence-corrected chi connectivity index (χ3v) is 5.22. The monoisotopic (exact) mass is 340 g/mol. The second-order valence-electron chi connectivity index (χ2n) is 7.22. The van der Waals surface area contributed by atoms with Gasteiger partial charge in [0.15, 0.2) is 0 Å². The molecule has 0 aromatic carbocycles. The van der Waals surface area contributed by atoms with Crippen LogP contribution in [0.1, 0.15) is 90.4 Å². The number of rotatable bonds is 13. The van der Waals surface area contributed by atoms with E-state index in [2.05, 4.69) is 24.0 Å². The van der Waals surface area contributed by atoms with E-state index in [-0.39, 0.29) is 12.5 Å². The van der Waals surface area contributed by atoms with Gasteiger partial charge in [-0.15, -0.1) is 0 Å². The highest BCUT2D eigenvalue weighted by atomic mass is 17.1. The largest absolute Gasteiger partial charge is 0.393 e. The van der Waals surface area contributed by atoms with Gasteiger partial charge in [0, 0.05) is 6.42 Å². The van der Waals surface area contributed by atoms with Gasteiger partial charge in [-0.05, 0) is 63.2 Å². The van der Waals surface area contributed by atoms with E-state index in [1.165, 1.54) is 51.4 Å². The SMILES string of the molecule is CCCCCCC=C[C@H]1CCC[C@@H]1CCC(O)CCCC(=O)OO. The van der Waals surface area contributed by atoms with E-state index >= 15 is 0 Å². The standard InChI is InChI=1S/C20H36O4/c1-2-3-4-5-6-7-10-17-11-8-12-18(17)15-16-19(21)13-9-14-20(22)24-23/h7,10,17-19,21,23H,2-6,8-9,11-16H2,1H3/t17-,18+,19?/m0/s1. The maximum Gasteiger partial charge on any atom is 0.342 e. The van der Waals surface area contributed by atoms with Gasteiger partial charge >= 0.3 is 5.97 Å². The van der Waals surface area contributed by atoms with Gasteiger partial charge in [-0.2, -0.15) is 5.26 Å². The molecule has 0 radical (unpaired) electrons. The summed E-state index contributed by atoms with van der Waals surface area (Å²) in [6.45, 7) is 2.24. The first-order chi connectivity index (χ1) is 11.7. The quantitative estimate of drug-likeness (QED) is 0.208. The molecule has 0 aromatic rings. The average Bonchev–Trinajstić information content (AvgIpc) is 3.03. The molecule has 0 aliphatic heterocycles. The minimum atomic E-state index is -0.623. The summed E-state index contributed by atoms with van der Waals surface area (Å²) in [5.41, 5.74) is 0. The van der Waals surface area contributed by atoms with Crippen molar-refractivity contribution in [1.29, 1.82) is 0 Å². The molecule has 0 amide bonds. The Kier molecular flexibility index (Phi) is 11.8. The summed E-state index contributed by atoms with van der Waals surface area (Å²) in [4.78, 5) is 14.5. The van der Waals surface area contributed by atoms with Gasteiger partial charge in [0.1, 0.15) is 0 Å². The Balaban J connectivity index is 2.16. The molecular weight excluding hydrogens is 304 g/mol. The molecule has 0 bridgehead atoms. The summed E-state index contributed by atoms with van der Waals surface area (Å²) in [6.07, 6.45) is 18.0. The molecule has 1 aliphatic carbocycles. The number of unbranched alkanes of at least 4 members (excludes halogenated alkanes) is 4. The van der Waals surface area contributed by atoms with Crippen LogP contribution < -0.4 is 0 Å². The van der Waals surface area contributed by atoms with E-state index in [0.717, 1.165) is 12.8 Å². The van der Waals surface area contributed by atoms with Crippen molar-refractivity contribution in [2.45, 2.75) is 96.5 Å². The highest BCUT2D eigenvalue weighted by Crippen LogP contribution is 2.36. The van der Waals surface area contributed by atoms with E-state index < -0.39 is 5.97 Å². The van der Waals surface area contributed by atoms with Crippen LogP contribution in [0.4, 0.5) is 0 Å². The molecule has 1 unspecified atom stereocenters. The third-order valence-electron chi connectivity index (χ3n) is 5.22. The zero-order chi connectivity index (χ0) is 17.6. The molecule has 2 N–H and O–H groups in total. The zero-order valence-corrected chi connectivity index (χ0v) is 15.3.